The lowest BCUT2D eigenvalue weighted by Gasteiger charge is -2.30. The Labute approximate surface area is 108 Å². The number of hydrogen-bond acceptors (Lipinski definition) is 3. The van der Waals surface area contributed by atoms with Gasteiger partial charge in [-0.15, -0.1) is 0 Å². The van der Waals surface area contributed by atoms with Gasteiger partial charge < -0.3 is 16.4 Å². The molecule has 5 heteroatoms. The van der Waals surface area contributed by atoms with Crippen molar-refractivity contribution in [3.63, 3.8) is 0 Å². The van der Waals surface area contributed by atoms with Gasteiger partial charge in [-0.3, -0.25) is 9.59 Å². The third-order valence-electron chi connectivity index (χ3n) is 3.89. The third-order valence-corrected chi connectivity index (χ3v) is 3.89. The highest BCUT2D eigenvalue weighted by Gasteiger charge is 2.30. The Hall–Kier alpha value is -1.10. The molecule has 18 heavy (non-hydrogen) atoms. The van der Waals surface area contributed by atoms with Gasteiger partial charge in [0.25, 0.3) is 0 Å². The number of amides is 2. The molecule has 0 saturated heterocycles. The molecule has 2 saturated carbocycles. The molecule has 2 fully saturated rings. The van der Waals surface area contributed by atoms with Crippen LogP contribution in [0.15, 0.2) is 0 Å². The summed E-state index contributed by atoms with van der Waals surface area (Å²) >= 11 is 0. The highest BCUT2D eigenvalue weighted by Crippen LogP contribution is 2.27. The van der Waals surface area contributed by atoms with Crippen molar-refractivity contribution in [2.24, 2.45) is 17.6 Å². The first kappa shape index (κ1) is 13.3. The molecule has 102 valence electrons. The number of nitrogens with one attached hydrogen (secondary N) is 2. The Morgan fingerprint density at radius 3 is 2.50 bits per heavy atom. The van der Waals surface area contributed by atoms with Gasteiger partial charge in [0.2, 0.25) is 11.8 Å². The number of carbonyl (C=O) groups excluding carboxylic acids is 2. The van der Waals surface area contributed by atoms with Gasteiger partial charge in [-0.25, -0.2) is 0 Å². The average molecular weight is 253 g/mol. The molecule has 2 atom stereocenters. The maximum Gasteiger partial charge on any atom is 0.234 e. The molecule has 2 unspecified atom stereocenters. The minimum Gasteiger partial charge on any atom is -0.369 e. The van der Waals surface area contributed by atoms with Gasteiger partial charge in [0.05, 0.1) is 12.5 Å². The fourth-order valence-corrected chi connectivity index (χ4v) is 2.61. The van der Waals surface area contributed by atoms with Crippen LogP contribution in [0.3, 0.4) is 0 Å². The molecule has 0 radical (unpaired) electrons. The molecule has 4 N–H and O–H groups in total. The molecule has 0 aromatic heterocycles. The van der Waals surface area contributed by atoms with E-state index in [2.05, 4.69) is 10.6 Å². The summed E-state index contributed by atoms with van der Waals surface area (Å²) in [6.07, 6.45) is 6.31. The maximum absolute atomic E-state index is 11.8. The Morgan fingerprint density at radius 2 is 1.83 bits per heavy atom. The Morgan fingerprint density at radius 1 is 1.11 bits per heavy atom. The second kappa shape index (κ2) is 6.18. The minimum atomic E-state index is -0.286. The molecule has 0 aromatic carbocycles. The van der Waals surface area contributed by atoms with E-state index in [-0.39, 0.29) is 23.8 Å². The number of carbonyl (C=O) groups is 2. The first-order chi connectivity index (χ1) is 8.66. The van der Waals surface area contributed by atoms with Crippen LogP contribution in [0.2, 0.25) is 0 Å². The molecular weight excluding hydrogens is 230 g/mol. The molecule has 0 aliphatic heterocycles. The van der Waals surface area contributed by atoms with Crippen molar-refractivity contribution in [1.29, 1.82) is 0 Å². The number of rotatable bonds is 6. The summed E-state index contributed by atoms with van der Waals surface area (Å²) in [6.45, 7) is 1.27. The predicted octanol–water partition coefficient (Wildman–Crippen LogP) is 0.146. The smallest absolute Gasteiger partial charge is 0.234 e. The zero-order valence-electron chi connectivity index (χ0n) is 10.8. The van der Waals surface area contributed by atoms with Crippen molar-refractivity contribution in [2.75, 3.05) is 13.1 Å². The van der Waals surface area contributed by atoms with E-state index in [1.54, 1.807) is 0 Å². The van der Waals surface area contributed by atoms with Crippen molar-refractivity contribution in [3.05, 3.63) is 0 Å². The van der Waals surface area contributed by atoms with Crippen LogP contribution < -0.4 is 16.4 Å². The summed E-state index contributed by atoms with van der Waals surface area (Å²) in [5, 5.41) is 6.09. The first-order valence-corrected chi connectivity index (χ1v) is 6.96. The number of primary amides is 1. The van der Waals surface area contributed by atoms with Crippen molar-refractivity contribution >= 4 is 11.8 Å². The average Bonchev–Trinajstić information content (AvgIpc) is 3.13. The van der Waals surface area contributed by atoms with E-state index in [1.165, 1.54) is 12.8 Å². The highest BCUT2D eigenvalue weighted by atomic mass is 16.2. The lowest BCUT2D eigenvalue weighted by molar-refractivity contribution is -0.125. The van der Waals surface area contributed by atoms with Gasteiger partial charge in [-0.2, -0.15) is 0 Å². The van der Waals surface area contributed by atoms with Crippen molar-refractivity contribution in [1.82, 2.24) is 10.6 Å². The lowest BCUT2D eigenvalue weighted by Crippen LogP contribution is -2.49. The Bertz CT molecular complexity index is 315. The fourth-order valence-electron chi connectivity index (χ4n) is 2.61. The predicted molar refractivity (Wildman–Crippen MR) is 68.7 cm³/mol. The van der Waals surface area contributed by atoms with Crippen molar-refractivity contribution in [2.45, 2.75) is 44.6 Å². The van der Waals surface area contributed by atoms with Crippen LogP contribution >= 0.6 is 0 Å². The SMILES string of the molecule is NC(=O)C1CCCCC1NC(=O)CNCC1CC1. The van der Waals surface area contributed by atoms with Gasteiger partial charge >= 0.3 is 0 Å². The van der Waals surface area contributed by atoms with Crippen molar-refractivity contribution < 1.29 is 9.59 Å². The van der Waals surface area contributed by atoms with Gasteiger partial charge in [0.15, 0.2) is 0 Å². The lowest BCUT2D eigenvalue weighted by atomic mass is 9.84. The van der Waals surface area contributed by atoms with Crippen LogP contribution in [0.4, 0.5) is 0 Å². The number of nitrogens with two attached hydrogens (primary N) is 1. The summed E-state index contributed by atoms with van der Waals surface area (Å²) < 4.78 is 0. The zero-order chi connectivity index (χ0) is 13.0. The molecule has 0 spiro atoms. The monoisotopic (exact) mass is 253 g/mol. The van der Waals surface area contributed by atoms with Crippen LogP contribution in [0.5, 0.6) is 0 Å². The van der Waals surface area contributed by atoms with Gasteiger partial charge in [-0.1, -0.05) is 12.8 Å². The summed E-state index contributed by atoms with van der Waals surface area (Å²) in [4.78, 5) is 23.1. The molecule has 5 nitrogen and oxygen atoms in total. The summed E-state index contributed by atoms with van der Waals surface area (Å²) in [6, 6.07) is -0.0634. The van der Waals surface area contributed by atoms with Crippen LogP contribution in [-0.4, -0.2) is 30.9 Å². The topological polar surface area (TPSA) is 84.2 Å². The van der Waals surface area contributed by atoms with Crippen LogP contribution in [0.1, 0.15) is 38.5 Å². The third kappa shape index (κ3) is 3.98. The molecule has 2 aliphatic carbocycles. The second-order valence-corrected chi connectivity index (χ2v) is 5.54. The largest absolute Gasteiger partial charge is 0.369 e. The van der Waals surface area contributed by atoms with Crippen LogP contribution in [0, 0.1) is 11.8 Å². The number of hydrogen-bond donors (Lipinski definition) is 3. The molecule has 0 heterocycles. The highest BCUT2D eigenvalue weighted by molar-refractivity contribution is 5.81. The van der Waals surface area contributed by atoms with Crippen LogP contribution in [0.25, 0.3) is 0 Å². The van der Waals surface area contributed by atoms with E-state index in [0.29, 0.717) is 6.54 Å². The van der Waals surface area contributed by atoms with E-state index in [0.717, 1.165) is 38.1 Å². The summed E-state index contributed by atoms with van der Waals surface area (Å²) in [5.41, 5.74) is 5.38. The summed E-state index contributed by atoms with van der Waals surface area (Å²) in [7, 11) is 0. The molecular formula is C13H23N3O2. The van der Waals surface area contributed by atoms with E-state index in [9.17, 15) is 9.59 Å². The van der Waals surface area contributed by atoms with Crippen LogP contribution in [-0.2, 0) is 9.59 Å². The van der Waals surface area contributed by atoms with E-state index >= 15 is 0 Å². The zero-order valence-corrected chi connectivity index (χ0v) is 10.8. The van der Waals surface area contributed by atoms with E-state index < -0.39 is 0 Å². The van der Waals surface area contributed by atoms with Crippen molar-refractivity contribution in [3.8, 4) is 0 Å². The Balaban J connectivity index is 1.71. The standard InChI is InChI=1S/C13H23N3O2/c14-13(18)10-3-1-2-4-11(10)16-12(17)8-15-7-9-5-6-9/h9-11,15H,1-8H2,(H2,14,18)(H,16,17). The molecule has 2 rings (SSSR count). The normalized spacial score (nSPS) is 27.8. The van der Waals surface area contributed by atoms with Gasteiger partial charge in [0.1, 0.15) is 0 Å². The summed E-state index contributed by atoms with van der Waals surface area (Å²) in [5.74, 6) is 0.275. The van der Waals surface area contributed by atoms with E-state index in [4.69, 9.17) is 5.73 Å². The Kier molecular flexibility index (Phi) is 4.58. The van der Waals surface area contributed by atoms with Gasteiger partial charge in [-0.05, 0) is 38.1 Å². The quantitative estimate of drug-likeness (QED) is 0.630. The fraction of sp³-hybridized carbons (Fsp3) is 0.846. The van der Waals surface area contributed by atoms with E-state index in [1.807, 2.05) is 0 Å². The maximum atomic E-state index is 11.8. The minimum absolute atomic E-state index is 0.0196. The van der Waals surface area contributed by atoms with Gasteiger partial charge in [0, 0.05) is 6.04 Å². The molecule has 2 aliphatic rings. The molecule has 0 bridgehead atoms. The molecule has 0 aromatic rings. The first-order valence-electron chi connectivity index (χ1n) is 6.96. The second-order valence-electron chi connectivity index (χ2n) is 5.54. The molecule has 2 amide bonds.